The van der Waals surface area contributed by atoms with Gasteiger partial charge >= 0.3 is 13.1 Å². The van der Waals surface area contributed by atoms with E-state index in [1.165, 1.54) is 18.3 Å². The Morgan fingerprint density at radius 2 is 1.87 bits per heavy atom. The van der Waals surface area contributed by atoms with Gasteiger partial charge in [0, 0.05) is 17.3 Å². The minimum Gasteiger partial charge on any atom is -0.486 e. The summed E-state index contributed by atoms with van der Waals surface area (Å²) in [6.07, 6.45) is 3.28. The number of hydrogen-bond acceptors (Lipinski definition) is 7. The number of hydrogen-bond donors (Lipinski definition) is 2. The highest BCUT2D eigenvalue weighted by atomic mass is 16.5. The zero-order valence-electron chi connectivity index (χ0n) is 17.1. The van der Waals surface area contributed by atoms with Gasteiger partial charge in [-0.3, -0.25) is 0 Å². The lowest BCUT2D eigenvalue weighted by Gasteiger charge is -2.33. The number of carbonyl (C=O) groups excluding carboxylic acids is 1. The Morgan fingerprint density at radius 3 is 2.47 bits per heavy atom. The number of methoxy groups -OCH3 is 1. The van der Waals surface area contributed by atoms with Crippen molar-refractivity contribution in [2.24, 2.45) is 5.10 Å². The number of benzene rings is 2. The van der Waals surface area contributed by atoms with Gasteiger partial charge in [0.25, 0.3) is 0 Å². The summed E-state index contributed by atoms with van der Waals surface area (Å²) in [6, 6.07) is 14.6. The SMILES string of the molecule is C/C=N\N1C(C(=O)OC)=C(OCc2ccccc2)c2cccc(B(O)O)c2/C1=C\C. The van der Waals surface area contributed by atoms with Crippen LogP contribution in [0.2, 0.25) is 0 Å². The molecule has 0 aromatic heterocycles. The Bertz CT molecular complexity index is 1020. The van der Waals surface area contributed by atoms with Crippen molar-refractivity contribution >= 4 is 36.2 Å². The zero-order valence-corrected chi connectivity index (χ0v) is 17.1. The molecular formula is C22H23BN2O5. The van der Waals surface area contributed by atoms with E-state index in [0.717, 1.165) is 5.56 Å². The smallest absolute Gasteiger partial charge is 0.486 e. The van der Waals surface area contributed by atoms with Gasteiger partial charge in [-0.25, -0.2) is 9.80 Å². The van der Waals surface area contributed by atoms with Crippen LogP contribution in [0.5, 0.6) is 0 Å². The largest absolute Gasteiger partial charge is 0.489 e. The third-order valence-electron chi connectivity index (χ3n) is 4.64. The molecule has 0 atom stereocenters. The molecule has 0 spiro atoms. The van der Waals surface area contributed by atoms with E-state index in [9.17, 15) is 14.8 Å². The molecule has 0 saturated heterocycles. The Balaban J connectivity index is 2.26. The van der Waals surface area contributed by atoms with E-state index in [2.05, 4.69) is 5.10 Å². The number of esters is 1. The van der Waals surface area contributed by atoms with Crippen molar-refractivity contribution in [3.05, 3.63) is 77.0 Å². The molecule has 8 heteroatoms. The van der Waals surface area contributed by atoms with Crippen LogP contribution >= 0.6 is 0 Å². The van der Waals surface area contributed by atoms with Crippen LogP contribution < -0.4 is 5.46 Å². The first-order valence-electron chi connectivity index (χ1n) is 9.47. The third kappa shape index (κ3) is 4.01. The van der Waals surface area contributed by atoms with Crippen LogP contribution in [0.1, 0.15) is 30.5 Å². The van der Waals surface area contributed by atoms with Crippen molar-refractivity contribution in [2.45, 2.75) is 20.5 Å². The number of hydrazone groups is 1. The van der Waals surface area contributed by atoms with Gasteiger partial charge < -0.3 is 19.5 Å². The quantitative estimate of drug-likeness (QED) is 0.434. The fourth-order valence-corrected chi connectivity index (χ4v) is 3.36. The van der Waals surface area contributed by atoms with Gasteiger partial charge in [0.1, 0.15) is 6.61 Å². The lowest BCUT2D eigenvalue weighted by atomic mass is 9.73. The van der Waals surface area contributed by atoms with Crippen molar-refractivity contribution in [1.82, 2.24) is 5.01 Å². The summed E-state index contributed by atoms with van der Waals surface area (Å²) in [7, 11) is -0.422. The number of allylic oxidation sites excluding steroid dienone is 1. The maximum atomic E-state index is 12.8. The number of ether oxygens (including phenoxy) is 2. The molecule has 2 aromatic carbocycles. The third-order valence-corrected chi connectivity index (χ3v) is 4.64. The molecule has 0 radical (unpaired) electrons. The number of fused-ring (bicyclic) bond motifs is 1. The summed E-state index contributed by atoms with van der Waals surface area (Å²) in [4.78, 5) is 12.8. The van der Waals surface area contributed by atoms with Crippen molar-refractivity contribution < 1.29 is 24.3 Å². The van der Waals surface area contributed by atoms with Crippen LogP contribution in [0.4, 0.5) is 0 Å². The highest BCUT2D eigenvalue weighted by molar-refractivity contribution is 6.60. The average molecular weight is 406 g/mol. The Morgan fingerprint density at radius 1 is 1.13 bits per heavy atom. The van der Waals surface area contributed by atoms with E-state index in [4.69, 9.17) is 9.47 Å². The van der Waals surface area contributed by atoms with Crippen LogP contribution in [0.25, 0.3) is 11.5 Å². The van der Waals surface area contributed by atoms with E-state index >= 15 is 0 Å². The summed E-state index contributed by atoms with van der Waals surface area (Å²) in [6.45, 7) is 3.70. The Hall–Kier alpha value is -3.36. The Labute approximate surface area is 175 Å². The maximum Gasteiger partial charge on any atom is 0.489 e. The molecule has 0 fully saturated rings. The van der Waals surface area contributed by atoms with Gasteiger partial charge in [0.05, 0.1) is 12.8 Å². The van der Waals surface area contributed by atoms with E-state index < -0.39 is 13.1 Å². The standard InChI is InChI=1S/C22H23BN2O5/c1-4-18-19-16(12-9-13-17(19)23(27)28)21(30-14-15-10-7-6-8-11-15)20(22(26)29-3)25(18)24-5-2/h4-13,27-28H,14H2,1-3H3/b18-4+,24-5-. The summed E-state index contributed by atoms with van der Waals surface area (Å²) < 4.78 is 11.1. The van der Waals surface area contributed by atoms with Crippen LogP contribution in [0.3, 0.4) is 0 Å². The van der Waals surface area contributed by atoms with Crippen molar-refractivity contribution in [1.29, 1.82) is 0 Å². The molecule has 1 aliphatic heterocycles. The van der Waals surface area contributed by atoms with Gasteiger partial charge in [-0.05, 0) is 24.9 Å². The van der Waals surface area contributed by atoms with Gasteiger partial charge in [0.2, 0.25) is 0 Å². The first kappa shape index (κ1) is 21.4. The second kappa shape index (κ2) is 9.43. The monoisotopic (exact) mass is 406 g/mol. The minimum absolute atomic E-state index is 0.108. The van der Waals surface area contributed by atoms with E-state index in [0.29, 0.717) is 16.8 Å². The second-order valence-corrected chi connectivity index (χ2v) is 6.45. The normalized spacial score (nSPS) is 14.8. The molecule has 3 rings (SSSR count). The molecule has 0 bridgehead atoms. The van der Waals surface area contributed by atoms with Crippen molar-refractivity contribution in [3.63, 3.8) is 0 Å². The maximum absolute atomic E-state index is 12.8. The zero-order chi connectivity index (χ0) is 21.7. The molecule has 7 nitrogen and oxygen atoms in total. The van der Waals surface area contributed by atoms with E-state index in [-0.39, 0.29) is 23.5 Å². The predicted molar refractivity (Wildman–Crippen MR) is 116 cm³/mol. The molecule has 1 heterocycles. The highest BCUT2D eigenvalue weighted by Crippen LogP contribution is 2.39. The molecule has 1 aliphatic rings. The number of rotatable bonds is 6. The first-order valence-corrected chi connectivity index (χ1v) is 9.47. The van der Waals surface area contributed by atoms with Crippen molar-refractivity contribution in [3.8, 4) is 0 Å². The molecule has 0 unspecified atom stereocenters. The average Bonchev–Trinajstić information content (AvgIpc) is 2.77. The van der Waals surface area contributed by atoms with Crippen LogP contribution in [0.15, 0.2) is 65.4 Å². The van der Waals surface area contributed by atoms with Crippen molar-refractivity contribution in [2.75, 3.05) is 7.11 Å². The van der Waals surface area contributed by atoms with Gasteiger partial charge in [-0.1, -0.05) is 54.6 Å². The highest BCUT2D eigenvalue weighted by Gasteiger charge is 2.37. The van der Waals surface area contributed by atoms with Gasteiger partial charge in [0.15, 0.2) is 11.5 Å². The fourth-order valence-electron chi connectivity index (χ4n) is 3.36. The molecule has 2 N–H and O–H groups in total. The van der Waals surface area contributed by atoms with Crippen LogP contribution in [-0.4, -0.2) is 41.5 Å². The summed E-state index contributed by atoms with van der Waals surface area (Å²) in [5.41, 5.74) is 2.89. The molecule has 2 aromatic rings. The van der Waals surface area contributed by atoms with Crippen LogP contribution in [-0.2, 0) is 20.9 Å². The first-order chi connectivity index (χ1) is 14.5. The fraction of sp³-hybridized carbons (Fsp3) is 0.182. The lowest BCUT2D eigenvalue weighted by Crippen LogP contribution is -2.38. The van der Waals surface area contributed by atoms with E-state index in [1.807, 2.05) is 30.3 Å². The molecule has 0 saturated carbocycles. The minimum atomic E-state index is -1.71. The predicted octanol–water partition coefficient (Wildman–Crippen LogP) is 2.11. The topological polar surface area (TPSA) is 91.6 Å². The van der Waals surface area contributed by atoms with E-state index in [1.54, 1.807) is 38.1 Å². The summed E-state index contributed by atoms with van der Waals surface area (Å²) >= 11 is 0. The number of carbonyl (C=O) groups is 1. The Kier molecular flexibility index (Phi) is 6.71. The lowest BCUT2D eigenvalue weighted by molar-refractivity contribution is -0.137. The summed E-state index contributed by atoms with van der Waals surface area (Å²) in [5.74, 6) is -0.372. The second-order valence-electron chi connectivity index (χ2n) is 6.45. The molecule has 154 valence electrons. The number of nitrogens with zero attached hydrogens (tertiary/aromatic N) is 2. The molecular weight excluding hydrogens is 383 g/mol. The van der Waals surface area contributed by atoms with Gasteiger partial charge in [-0.15, -0.1) is 0 Å². The van der Waals surface area contributed by atoms with Gasteiger partial charge in [-0.2, -0.15) is 5.10 Å². The molecule has 0 aliphatic carbocycles. The molecule has 0 amide bonds. The van der Waals surface area contributed by atoms with Crippen LogP contribution in [0, 0.1) is 0 Å². The molecule has 30 heavy (non-hydrogen) atoms. The summed E-state index contributed by atoms with van der Waals surface area (Å²) in [5, 5.41) is 25.6.